The lowest BCUT2D eigenvalue weighted by atomic mass is 10.1. The van der Waals surface area contributed by atoms with Crippen molar-refractivity contribution in [1.29, 1.82) is 0 Å². The normalized spacial score (nSPS) is 23.9. The Balaban J connectivity index is 2.62. The zero-order chi connectivity index (χ0) is 12.2. The number of piperidine rings is 1. The Morgan fingerprint density at radius 3 is 2.50 bits per heavy atom. The molecule has 16 heavy (non-hydrogen) atoms. The molecule has 1 heterocycles. The Morgan fingerprint density at radius 1 is 1.38 bits per heavy atom. The van der Waals surface area contributed by atoms with E-state index in [0.717, 1.165) is 25.7 Å². The van der Waals surface area contributed by atoms with Crippen molar-refractivity contribution in [3.63, 3.8) is 0 Å². The van der Waals surface area contributed by atoms with Crippen molar-refractivity contribution in [2.75, 3.05) is 18.8 Å². The number of aliphatic hydroxyl groups excluding tert-OH is 1. The molecule has 0 radical (unpaired) electrons. The van der Waals surface area contributed by atoms with Gasteiger partial charge in [0.15, 0.2) is 0 Å². The number of β-amino-alcohol motifs (C(OH)–C–C–N with tert-alkyl or cyclic N) is 1. The van der Waals surface area contributed by atoms with E-state index in [1.54, 1.807) is 0 Å². The van der Waals surface area contributed by atoms with Crippen LogP contribution in [0.2, 0.25) is 0 Å². The molecule has 1 rings (SSSR count). The first kappa shape index (κ1) is 13.9. The minimum Gasteiger partial charge on any atom is -0.392 e. The van der Waals surface area contributed by atoms with Crippen LogP contribution in [0.5, 0.6) is 0 Å². The summed E-state index contributed by atoms with van der Waals surface area (Å²) in [6.45, 7) is 4.89. The summed E-state index contributed by atoms with van der Waals surface area (Å²) in [6.07, 6.45) is 2.80. The monoisotopic (exact) mass is 249 g/mol. The van der Waals surface area contributed by atoms with Gasteiger partial charge >= 0.3 is 0 Å². The fraction of sp³-hybridized carbons (Fsp3) is 1.00. The van der Waals surface area contributed by atoms with Gasteiger partial charge in [0.1, 0.15) is 0 Å². The molecule has 1 saturated heterocycles. The summed E-state index contributed by atoms with van der Waals surface area (Å²) in [5, 5.41) is 9.49. The van der Waals surface area contributed by atoms with Gasteiger partial charge in [-0.15, -0.1) is 0 Å². The van der Waals surface area contributed by atoms with Gasteiger partial charge in [0.05, 0.1) is 11.9 Å². The Morgan fingerprint density at radius 2 is 2.00 bits per heavy atom. The molecule has 1 fully saturated rings. The fourth-order valence-electron chi connectivity index (χ4n) is 2.10. The number of hydrogen-bond donors (Lipinski definition) is 1. The highest BCUT2D eigenvalue weighted by atomic mass is 32.2. The van der Waals surface area contributed by atoms with Gasteiger partial charge in [-0.3, -0.25) is 0 Å². The Kier molecular flexibility index (Phi) is 5.21. The van der Waals surface area contributed by atoms with Crippen LogP contribution >= 0.6 is 0 Å². The standard InChI is InChI=1S/C11H23NO3S/c1-3-10(4-2)9-16(14,15)12-7-5-6-11(13)8-12/h10-11,13H,3-9H2,1-2H3. The van der Waals surface area contributed by atoms with Crippen LogP contribution in [0.4, 0.5) is 0 Å². The molecule has 5 heteroatoms. The molecule has 4 nitrogen and oxygen atoms in total. The lowest BCUT2D eigenvalue weighted by Crippen LogP contribution is -2.44. The maximum atomic E-state index is 12.1. The topological polar surface area (TPSA) is 57.6 Å². The van der Waals surface area contributed by atoms with Gasteiger partial charge in [-0.25, -0.2) is 8.42 Å². The average Bonchev–Trinajstić information content (AvgIpc) is 2.26. The first-order valence-corrected chi connectivity index (χ1v) is 7.76. The SMILES string of the molecule is CCC(CC)CS(=O)(=O)N1CCCC(O)C1. The van der Waals surface area contributed by atoms with Crippen LogP contribution in [0.25, 0.3) is 0 Å². The summed E-state index contributed by atoms with van der Waals surface area (Å²) in [4.78, 5) is 0. The lowest BCUT2D eigenvalue weighted by molar-refractivity contribution is 0.108. The second-order valence-electron chi connectivity index (χ2n) is 4.62. The molecular weight excluding hydrogens is 226 g/mol. The number of rotatable bonds is 5. The van der Waals surface area contributed by atoms with Crippen molar-refractivity contribution in [2.45, 2.75) is 45.6 Å². The predicted molar refractivity (Wildman–Crippen MR) is 64.7 cm³/mol. The van der Waals surface area contributed by atoms with Crippen LogP contribution in [-0.2, 0) is 10.0 Å². The molecule has 0 aliphatic carbocycles. The van der Waals surface area contributed by atoms with Gasteiger partial charge in [0.2, 0.25) is 10.0 Å². The second-order valence-corrected chi connectivity index (χ2v) is 6.63. The van der Waals surface area contributed by atoms with Gasteiger partial charge in [-0.1, -0.05) is 26.7 Å². The van der Waals surface area contributed by atoms with Crippen LogP contribution in [0.15, 0.2) is 0 Å². The molecule has 1 atom stereocenters. The summed E-state index contributed by atoms with van der Waals surface area (Å²) >= 11 is 0. The molecule has 0 aromatic rings. The van der Waals surface area contributed by atoms with E-state index in [2.05, 4.69) is 0 Å². The largest absolute Gasteiger partial charge is 0.392 e. The molecule has 0 bridgehead atoms. The Hall–Kier alpha value is -0.130. The van der Waals surface area contributed by atoms with Crippen molar-refractivity contribution < 1.29 is 13.5 Å². The molecule has 0 amide bonds. The smallest absolute Gasteiger partial charge is 0.214 e. The predicted octanol–water partition coefficient (Wildman–Crippen LogP) is 1.21. The third-order valence-electron chi connectivity index (χ3n) is 3.35. The molecule has 0 aromatic heterocycles. The van der Waals surface area contributed by atoms with Crippen LogP contribution < -0.4 is 0 Å². The van der Waals surface area contributed by atoms with E-state index in [9.17, 15) is 13.5 Å². The van der Waals surface area contributed by atoms with Crippen molar-refractivity contribution in [3.8, 4) is 0 Å². The molecule has 1 N–H and O–H groups in total. The third-order valence-corrected chi connectivity index (χ3v) is 5.36. The first-order valence-electron chi connectivity index (χ1n) is 6.15. The van der Waals surface area contributed by atoms with E-state index in [1.165, 1.54) is 4.31 Å². The molecule has 96 valence electrons. The first-order chi connectivity index (χ1) is 7.49. The van der Waals surface area contributed by atoms with Gasteiger partial charge in [0.25, 0.3) is 0 Å². The molecule has 1 unspecified atom stereocenters. The van der Waals surface area contributed by atoms with E-state index in [4.69, 9.17) is 0 Å². The van der Waals surface area contributed by atoms with E-state index in [1.807, 2.05) is 13.8 Å². The molecule has 0 aromatic carbocycles. The van der Waals surface area contributed by atoms with Gasteiger partial charge in [-0.2, -0.15) is 4.31 Å². The summed E-state index contributed by atoms with van der Waals surface area (Å²) in [7, 11) is -3.17. The number of aliphatic hydroxyl groups is 1. The van der Waals surface area contributed by atoms with Crippen molar-refractivity contribution >= 4 is 10.0 Å². The number of hydrogen-bond acceptors (Lipinski definition) is 3. The summed E-state index contributed by atoms with van der Waals surface area (Å²) in [5.74, 6) is 0.469. The minimum absolute atomic E-state index is 0.229. The van der Waals surface area contributed by atoms with Crippen molar-refractivity contribution in [3.05, 3.63) is 0 Å². The highest BCUT2D eigenvalue weighted by Crippen LogP contribution is 2.18. The van der Waals surface area contributed by atoms with E-state index in [-0.39, 0.29) is 18.2 Å². The average molecular weight is 249 g/mol. The molecule has 1 aliphatic rings. The zero-order valence-corrected chi connectivity index (χ0v) is 11.0. The van der Waals surface area contributed by atoms with E-state index < -0.39 is 16.1 Å². The van der Waals surface area contributed by atoms with Crippen LogP contribution in [-0.4, -0.2) is 42.8 Å². The fourth-order valence-corrected chi connectivity index (χ4v) is 4.19. The minimum atomic E-state index is -3.17. The third kappa shape index (κ3) is 3.71. The van der Waals surface area contributed by atoms with Gasteiger partial charge in [-0.05, 0) is 18.8 Å². The number of nitrogens with zero attached hydrogens (tertiary/aromatic N) is 1. The van der Waals surface area contributed by atoms with Crippen LogP contribution in [0, 0.1) is 5.92 Å². The van der Waals surface area contributed by atoms with Crippen LogP contribution in [0.3, 0.4) is 0 Å². The highest BCUT2D eigenvalue weighted by molar-refractivity contribution is 7.89. The van der Waals surface area contributed by atoms with Crippen molar-refractivity contribution in [2.24, 2.45) is 5.92 Å². The summed E-state index contributed by atoms with van der Waals surface area (Å²) in [5.41, 5.74) is 0. The van der Waals surface area contributed by atoms with Gasteiger partial charge in [0, 0.05) is 13.1 Å². The molecule has 0 saturated carbocycles. The summed E-state index contributed by atoms with van der Waals surface area (Å²) < 4.78 is 25.6. The summed E-state index contributed by atoms with van der Waals surface area (Å²) in [6, 6.07) is 0. The maximum absolute atomic E-state index is 12.1. The Labute approximate surface area is 98.7 Å². The molecule has 0 spiro atoms. The highest BCUT2D eigenvalue weighted by Gasteiger charge is 2.29. The van der Waals surface area contributed by atoms with E-state index in [0.29, 0.717) is 6.54 Å². The lowest BCUT2D eigenvalue weighted by Gasteiger charge is -2.30. The number of sulfonamides is 1. The molecule has 1 aliphatic heterocycles. The second kappa shape index (κ2) is 5.98. The van der Waals surface area contributed by atoms with Crippen molar-refractivity contribution in [1.82, 2.24) is 4.31 Å². The van der Waals surface area contributed by atoms with Gasteiger partial charge < -0.3 is 5.11 Å². The van der Waals surface area contributed by atoms with Crippen LogP contribution in [0.1, 0.15) is 39.5 Å². The zero-order valence-electron chi connectivity index (χ0n) is 10.2. The Bertz CT molecular complexity index is 298. The van der Waals surface area contributed by atoms with E-state index >= 15 is 0 Å². The maximum Gasteiger partial charge on any atom is 0.214 e. The quantitative estimate of drug-likeness (QED) is 0.796. The molecular formula is C11H23NO3S.